The van der Waals surface area contributed by atoms with Crippen LogP contribution < -0.4 is 0 Å². The summed E-state index contributed by atoms with van der Waals surface area (Å²) in [5.74, 6) is 0.143. The van der Waals surface area contributed by atoms with Gasteiger partial charge < -0.3 is 9.36 Å². The third kappa shape index (κ3) is 2.59. The molecule has 2 aromatic carbocycles. The molecule has 3 aromatic rings. The summed E-state index contributed by atoms with van der Waals surface area (Å²) in [7, 11) is 0. The number of aryl methyl sites for hydroxylation is 1. The van der Waals surface area contributed by atoms with Gasteiger partial charge in [0.2, 0.25) is 0 Å². The van der Waals surface area contributed by atoms with Crippen LogP contribution in [0.1, 0.15) is 19.3 Å². The molecule has 0 atom stereocenters. The molecule has 0 bridgehead atoms. The molecule has 3 rings (SSSR count). The van der Waals surface area contributed by atoms with Crippen LogP contribution in [0.25, 0.3) is 21.8 Å². The Balaban J connectivity index is 1.96. The Morgan fingerprint density at radius 2 is 1.48 bits per heavy atom. The Morgan fingerprint density at radius 1 is 0.905 bits per heavy atom. The smallest absolute Gasteiger partial charge is 0.135 e. The summed E-state index contributed by atoms with van der Waals surface area (Å²) < 4.78 is 2.20. The molecule has 21 heavy (non-hydrogen) atoms. The maximum Gasteiger partial charge on any atom is 0.135 e. The van der Waals surface area contributed by atoms with Crippen molar-refractivity contribution in [3.63, 3.8) is 0 Å². The molecule has 106 valence electrons. The molecule has 0 aliphatic carbocycles. The maximum absolute atomic E-state index is 11.8. The van der Waals surface area contributed by atoms with Crippen LogP contribution in [-0.2, 0) is 16.1 Å². The summed E-state index contributed by atoms with van der Waals surface area (Å²) in [4.78, 5) is 22.1. The number of para-hydroxylation sites is 2. The molecule has 0 aliphatic heterocycles. The van der Waals surface area contributed by atoms with Gasteiger partial charge in [0.05, 0.1) is 0 Å². The quantitative estimate of drug-likeness (QED) is 0.645. The number of carbonyl (C=O) groups is 2. The standard InChI is InChI=1S/C18H17NO2/c20-13-5-6-14(21)11-12-19-17-9-3-1-7-15(17)16-8-2-4-10-18(16)19/h1-4,7-10,13H,5-6,11-12H2. The van der Waals surface area contributed by atoms with E-state index in [1.807, 2.05) is 24.3 Å². The lowest BCUT2D eigenvalue weighted by Crippen LogP contribution is -2.05. The zero-order valence-electron chi connectivity index (χ0n) is 11.8. The van der Waals surface area contributed by atoms with E-state index in [1.165, 1.54) is 10.8 Å². The van der Waals surface area contributed by atoms with Crippen molar-refractivity contribution in [3.8, 4) is 0 Å². The van der Waals surface area contributed by atoms with Crippen LogP contribution >= 0.6 is 0 Å². The molecule has 1 heterocycles. The van der Waals surface area contributed by atoms with Gasteiger partial charge >= 0.3 is 0 Å². The van der Waals surface area contributed by atoms with E-state index in [0.29, 0.717) is 25.8 Å². The number of fused-ring (bicyclic) bond motifs is 3. The summed E-state index contributed by atoms with van der Waals surface area (Å²) in [5.41, 5.74) is 2.31. The zero-order valence-corrected chi connectivity index (χ0v) is 11.8. The monoisotopic (exact) mass is 279 g/mol. The number of carbonyl (C=O) groups excluding carboxylic acids is 2. The lowest BCUT2D eigenvalue weighted by Gasteiger charge is -2.06. The number of Topliss-reactive ketones (excluding diaryl/α,β-unsaturated/α-hetero) is 1. The lowest BCUT2D eigenvalue weighted by molar-refractivity contribution is -0.120. The number of hydrogen-bond acceptors (Lipinski definition) is 2. The molecular weight excluding hydrogens is 262 g/mol. The molecule has 0 fully saturated rings. The fraction of sp³-hybridized carbons (Fsp3) is 0.222. The number of aldehydes is 1. The minimum atomic E-state index is 0.143. The summed E-state index contributed by atoms with van der Waals surface area (Å²) >= 11 is 0. The van der Waals surface area contributed by atoms with Crippen LogP contribution in [0.15, 0.2) is 48.5 Å². The summed E-state index contributed by atoms with van der Waals surface area (Å²) in [6.07, 6.45) is 1.95. The number of rotatable bonds is 6. The molecule has 3 nitrogen and oxygen atoms in total. The molecule has 0 radical (unpaired) electrons. The van der Waals surface area contributed by atoms with E-state index in [-0.39, 0.29) is 5.78 Å². The molecule has 0 amide bonds. The number of hydrogen-bond donors (Lipinski definition) is 0. The van der Waals surface area contributed by atoms with Crippen molar-refractivity contribution in [1.29, 1.82) is 0 Å². The predicted octanol–water partition coefficient (Wildman–Crippen LogP) is 3.73. The van der Waals surface area contributed by atoms with Crippen molar-refractivity contribution in [2.24, 2.45) is 0 Å². The average Bonchev–Trinajstić information content (AvgIpc) is 2.85. The highest BCUT2D eigenvalue weighted by Crippen LogP contribution is 2.28. The van der Waals surface area contributed by atoms with E-state index in [0.717, 1.165) is 17.3 Å². The molecule has 0 aliphatic rings. The third-order valence-electron chi connectivity index (χ3n) is 3.84. The van der Waals surface area contributed by atoms with Crippen molar-refractivity contribution in [1.82, 2.24) is 4.57 Å². The Bertz CT molecular complexity index is 748. The molecule has 0 saturated carbocycles. The molecular formula is C18H17NO2. The first kappa shape index (κ1) is 13.6. The van der Waals surface area contributed by atoms with Gasteiger partial charge in [0, 0.05) is 47.6 Å². The van der Waals surface area contributed by atoms with Gasteiger partial charge in [-0.1, -0.05) is 36.4 Å². The fourth-order valence-corrected chi connectivity index (χ4v) is 2.83. The number of benzene rings is 2. The molecule has 0 N–H and O–H groups in total. The average molecular weight is 279 g/mol. The second-order valence-electron chi connectivity index (χ2n) is 5.18. The minimum Gasteiger partial charge on any atom is -0.340 e. The summed E-state index contributed by atoms with van der Waals surface area (Å²) in [5, 5.41) is 2.43. The van der Waals surface area contributed by atoms with E-state index in [9.17, 15) is 9.59 Å². The van der Waals surface area contributed by atoms with Crippen LogP contribution in [0.3, 0.4) is 0 Å². The largest absolute Gasteiger partial charge is 0.340 e. The van der Waals surface area contributed by atoms with E-state index in [4.69, 9.17) is 0 Å². The minimum absolute atomic E-state index is 0.143. The first-order valence-corrected chi connectivity index (χ1v) is 7.22. The van der Waals surface area contributed by atoms with E-state index >= 15 is 0 Å². The number of nitrogens with zero attached hydrogens (tertiary/aromatic N) is 1. The van der Waals surface area contributed by atoms with Gasteiger partial charge in [0.15, 0.2) is 0 Å². The van der Waals surface area contributed by atoms with Crippen molar-refractivity contribution in [2.45, 2.75) is 25.8 Å². The molecule has 0 unspecified atom stereocenters. The van der Waals surface area contributed by atoms with Crippen LogP contribution in [-0.4, -0.2) is 16.6 Å². The Morgan fingerprint density at radius 3 is 2.05 bits per heavy atom. The van der Waals surface area contributed by atoms with E-state index in [1.54, 1.807) is 0 Å². The predicted molar refractivity (Wildman–Crippen MR) is 84.4 cm³/mol. The highest BCUT2D eigenvalue weighted by atomic mass is 16.1. The van der Waals surface area contributed by atoms with Crippen molar-refractivity contribution >= 4 is 33.9 Å². The number of ketones is 1. The second-order valence-corrected chi connectivity index (χ2v) is 5.18. The van der Waals surface area contributed by atoms with Gasteiger partial charge in [-0.2, -0.15) is 0 Å². The van der Waals surface area contributed by atoms with Gasteiger partial charge in [-0.3, -0.25) is 4.79 Å². The molecule has 0 spiro atoms. The Labute approximate surface area is 123 Å². The number of aromatic nitrogens is 1. The lowest BCUT2D eigenvalue weighted by atomic mass is 10.2. The summed E-state index contributed by atoms with van der Waals surface area (Å²) in [6, 6.07) is 16.5. The second kappa shape index (κ2) is 5.92. The molecule has 0 saturated heterocycles. The highest BCUT2D eigenvalue weighted by Gasteiger charge is 2.10. The van der Waals surface area contributed by atoms with Crippen LogP contribution in [0.5, 0.6) is 0 Å². The van der Waals surface area contributed by atoms with Gasteiger partial charge in [-0.25, -0.2) is 0 Å². The Hall–Kier alpha value is -2.42. The van der Waals surface area contributed by atoms with E-state index < -0.39 is 0 Å². The summed E-state index contributed by atoms with van der Waals surface area (Å²) in [6.45, 7) is 0.658. The van der Waals surface area contributed by atoms with Crippen LogP contribution in [0.2, 0.25) is 0 Å². The third-order valence-corrected chi connectivity index (χ3v) is 3.84. The SMILES string of the molecule is O=CCCC(=O)CCn1c2ccccc2c2ccccc21. The van der Waals surface area contributed by atoms with Crippen molar-refractivity contribution < 1.29 is 9.59 Å². The fourth-order valence-electron chi connectivity index (χ4n) is 2.83. The topological polar surface area (TPSA) is 39.1 Å². The first-order valence-electron chi connectivity index (χ1n) is 7.22. The molecule has 3 heteroatoms. The van der Waals surface area contributed by atoms with Gasteiger partial charge in [0.1, 0.15) is 12.1 Å². The van der Waals surface area contributed by atoms with Gasteiger partial charge in [-0.15, -0.1) is 0 Å². The van der Waals surface area contributed by atoms with Crippen molar-refractivity contribution in [3.05, 3.63) is 48.5 Å². The van der Waals surface area contributed by atoms with Gasteiger partial charge in [0.25, 0.3) is 0 Å². The maximum atomic E-state index is 11.8. The molecule has 1 aromatic heterocycles. The highest BCUT2D eigenvalue weighted by molar-refractivity contribution is 6.08. The first-order chi connectivity index (χ1) is 10.3. The zero-order chi connectivity index (χ0) is 14.7. The normalized spacial score (nSPS) is 11.0. The van der Waals surface area contributed by atoms with Crippen LogP contribution in [0, 0.1) is 0 Å². The van der Waals surface area contributed by atoms with Crippen molar-refractivity contribution in [2.75, 3.05) is 0 Å². The Kier molecular flexibility index (Phi) is 3.82. The van der Waals surface area contributed by atoms with Gasteiger partial charge in [-0.05, 0) is 12.1 Å². The van der Waals surface area contributed by atoms with Crippen LogP contribution in [0.4, 0.5) is 0 Å². The van der Waals surface area contributed by atoms with E-state index in [2.05, 4.69) is 28.8 Å².